The van der Waals surface area contributed by atoms with Gasteiger partial charge in [0.25, 0.3) is 0 Å². The molecule has 0 radical (unpaired) electrons. The van der Waals surface area contributed by atoms with Crippen LogP contribution < -0.4 is 5.32 Å². The van der Waals surface area contributed by atoms with Gasteiger partial charge in [-0.25, -0.2) is 4.68 Å². The highest BCUT2D eigenvalue weighted by Crippen LogP contribution is 2.28. The summed E-state index contributed by atoms with van der Waals surface area (Å²) in [6.45, 7) is 0.0176. The van der Waals surface area contributed by atoms with Crippen LogP contribution in [-0.2, 0) is 7.05 Å². The molecule has 1 aromatic heterocycles. The molecular weight excluding hydrogens is 229 g/mol. The third-order valence-electron chi connectivity index (χ3n) is 1.83. The molecule has 0 saturated carbocycles. The summed E-state index contributed by atoms with van der Waals surface area (Å²) >= 11 is 0. The van der Waals surface area contributed by atoms with E-state index in [4.69, 9.17) is 0 Å². The van der Waals surface area contributed by atoms with E-state index in [2.05, 4.69) is 5.10 Å². The van der Waals surface area contributed by atoms with Gasteiger partial charge in [-0.2, -0.15) is 18.3 Å². The Balaban J connectivity index is 2.99. The lowest BCUT2D eigenvalue weighted by molar-refractivity contribution is -0.384. The van der Waals surface area contributed by atoms with Gasteiger partial charge < -0.3 is 5.32 Å². The van der Waals surface area contributed by atoms with E-state index in [1.807, 2.05) is 5.32 Å². The molecule has 0 saturated heterocycles. The maximum atomic E-state index is 12.0. The number of aryl methyl sites for hydroxylation is 2. The molecule has 1 N–H and O–H groups in total. The van der Waals surface area contributed by atoms with Crippen LogP contribution in [0.1, 0.15) is 5.69 Å². The Morgan fingerprint density at radius 2 is 2.12 bits per heavy atom. The van der Waals surface area contributed by atoms with Crippen LogP contribution in [0.2, 0.25) is 0 Å². The molecule has 90 valence electrons. The Morgan fingerprint density at radius 1 is 1.56 bits per heavy atom. The second kappa shape index (κ2) is 3.99. The lowest BCUT2D eigenvalue weighted by atomic mass is 10.4. The van der Waals surface area contributed by atoms with Gasteiger partial charge >= 0.3 is 11.9 Å². The highest BCUT2D eigenvalue weighted by Gasteiger charge is 2.30. The van der Waals surface area contributed by atoms with Crippen LogP contribution in [-0.4, -0.2) is 27.4 Å². The fourth-order valence-corrected chi connectivity index (χ4v) is 1.25. The molecule has 9 heteroatoms. The molecule has 0 aliphatic carbocycles. The van der Waals surface area contributed by atoms with Crippen molar-refractivity contribution < 1.29 is 18.1 Å². The van der Waals surface area contributed by atoms with Crippen molar-refractivity contribution in [2.75, 3.05) is 11.9 Å². The first-order valence-electron chi connectivity index (χ1n) is 4.21. The molecule has 1 heterocycles. The van der Waals surface area contributed by atoms with Crippen LogP contribution in [0.5, 0.6) is 0 Å². The molecule has 0 aliphatic rings. The van der Waals surface area contributed by atoms with E-state index in [9.17, 15) is 23.3 Å². The molecule has 0 aromatic carbocycles. The standard InChI is InChI=1S/C7H9F3N4O2/c1-4-5(14(15)16)6(13(2)12-4)11-3-7(8,9)10/h11H,3H2,1-2H3. The molecule has 0 fully saturated rings. The van der Waals surface area contributed by atoms with Gasteiger partial charge in [0.1, 0.15) is 12.2 Å². The molecular formula is C7H9F3N4O2. The molecule has 1 rings (SSSR count). The van der Waals surface area contributed by atoms with Gasteiger partial charge in [-0.05, 0) is 6.92 Å². The monoisotopic (exact) mass is 238 g/mol. The van der Waals surface area contributed by atoms with Crippen molar-refractivity contribution in [1.82, 2.24) is 9.78 Å². The van der Waals surface area contributed by atoms with Crippen LogP contribution >= 0.6 is 0 Å². The predicted molar refractivity (Wildman–Crippen MR) is 49.1 cm³/mol. The van der Waals surface area contributed by atoms with Gasteiger partial charge in [-0.1, -0.05) is 0 Å². The van der Waals surface area contributed by atoms with Gasteiger partial charge in [0.15, 0.2) is 0 Å². The quantitative estimate of drug-likeness (QED) is 0.641. The number of aromatic nitrogens is 2. The highest BCUT2D eigenvalue weighted by atomic mass is 19.4. The number of nitrogens with one attached hydrogen (secondary N) is 1. The minimum absolute atomic E-state index is 0.0668. The van der Waals surface area contributed by atoms with E-state index in [1.165, 1.54) is 14.0 Å². The Bertz CT molecular complexity index is 412. The minimum atomic E-state index is -4.44. The molecule has 0 amide bonds. The Kier molecular flexibility index (Phi) is 3.06. The summed E-state index contributed by atoms with van der Waals surface area (Å²) in [5.41, 5.74) is -0.371. The molecule has 0 atom stereocenters. The predicted octanol–water partition coefficient (Wildman–Crippen LogP) is 1.61. The second-order valence-electron chi connectivity index (χ2n) is 3.13. The molecule has 16 heavy (non-hydrogen) atoms. The van der Waals surface area contributed by atoms with Crippen LogP contribution in [0.25, 0.3) is 0 Å². The molecule has 0 unspecified atom stereocenters. The van der Waals surface area contributed by atoms with Crippen molar-refractivity contribution in [2.24, 2.45) is 7.05 Å². The van der Waals surface area contributed by atoms with Gasteiger partial charge in [0, 0.05) is 7.05 Å². The molecule has 0 spiro atoms. The summed E-state index contributed by atoms with van der Waals surface area (Å²) in [6.07, 6.45) is -4.44. The van der Waals surface area contributed by atoms with Gasteiger partial charge in [-0.3, -0.25) is 10.1 Å². The van der Waals surface area contributed by atoms with Crippen molar-refractivity contribution in [3.05, 3.63) is 15.8 Å². The molecule has 6 nitrogen and oxygen atoms in total. The molecule has 0 aliphatic heterocycles. The van der Waals surface area contributed by atoms with E-state index in [1.54, 1.807) is 0 Å². The lowest BCUT2D eigenvalue weighted by Crippen LogP contribution is -2.22. The Hall–Kier alpha value is -1.80. The first-order chi connectivity index (χ1) is 7.22. The number of anilines is 1. The van der Waals surface area contributed by atoms with Crippen molar-refractivity contribution in [2.45, 2.75) is 13.1 Å². The maximum Gasteiger partial charge on any atom is 0.405 e. The van der Waals surface area contributed by atoms with Crippen molar-refractivity contribution in [1.29, 1.82) is 0 Å². The summed E-state index contributed by atoms with van der Waals surface area (Å²) < 4.78 is 36.9. The summed E-state index contributed by atoms with van der Waals surface area (Å²) in [7, 11) is 1.33. The summed E-state index contributed by atoms with van der Waals surface area (Å²) in [5.74, 6) is -0.250. The van der Waals surface area contributed by atoms with Crippen LogP contribution in [0.15, 0.2) is 0 Å². The zero-order valence-electron chi connectivity index (χ0n) is 8.50. The third kappa shape index (κ3) is 2.61. The lowest BCUT2D eigenvalue weighted by Gasteiger charge is -2.08. The number of halogens is 3. The van der Waals surface area contributed by atoms with Crippen LogP contribution in [0.3, 0.4) is 0 Å². The van der Waals surface area contributed by atoms with E-state index in [0.717, 1.165) is 4.68 Å². The first-order valence-corrected chi connectivity index (χ1v) is 4.21. The number of rotatable bonds is 3. The summed E-state index contributed by atoms with van der Waals surface area (Å²) in [5, 5.41) is 16.2. The summed E-state index contributed by atoms with van der Waals surface area (Å²) in [4.78, 5) is 9.85. The molecule has 1 aromatic rings. The zero-order chi connectivity index (χ0) is 12.5. The Labute approximate surface area is 88.2 Å². The van der Waals surface area contributed by atoms with Crippen molar-refractivity contribution >= 4 is 11.5 Å². The average molecular weight is 238 g/mol. The van der Waals surface area contributed by atoms with E-state index in [-0.39, 0.29) is 11.5 Å². The largest absolute Gasteiger partial charge is 0.405 e. The van der Waals surface area contributed by atoms with Crippen LogP contribution in [0.4, 0.5) is 24.7 Å². The van der Waals surface area contributed by atoms with Crippen molar-refractivity contribution in [3.8, 4) is 0 Å². The fourth-order valence-electron chi connectivity index (χ4n) is 1.25. The molecule has 0 bridgehead atoms. The second-order valence-corrected chi connectivity index (χ2v) is 3.13. The number of hydrogen-bond acceptors (Lipinski definition) is 4. The maximum absolute atomic E-state index is 12.0. The highest BCUT2D eigenvalue weighted by molar-refractivity contribution is 5.59. The minimum Gasteiger partial charge on any atom is -0.356 e. The SMILES string of the molecule is Cc1nn(C)c(NCC(F)(F)F)c1[N+](=O)[O-]. The van der Waals surface area contributed by atoms with Crippen LogP contribution in [0, 0.1) is 17.0 Å². The topological polar surface area (TPSA) is 73.0 Å². The third-order valence-corrected chi connectivity index (χ3v) is 1.83. The zero-order valence-corrected chi connectivity index (χ0v) is 8.50. The smallest absolute Gasteiger partial charge is 0.356 e. The van der Waals surface area contributed by atoms with E-state index >= 15 is 0 Å². The van der Waals surface area contributed by atoms with Gasteiger partial charge in [0.2, 0.25) is 5.82 Å². The number of hydrogen-bond donors (Lipinski definition) is 1. The van der Waals surface area contributed by atoms with E-state index in [0.29, 0.717) is 0 Å². The number of nitro groups is 1. The number of alkyl halides is 3. The number of nitrogens with zero attached hydrogens (tertiary/aromatic N) is 3. The van der Waals surface area contributed by atoms with Crippen molar-refractivity contribution in [3.63, 3.8) is 0 Å². The normalized spacial score (nSPS) is 11.6. The Morgan fingerprint density at radius 3 is 2.56 bits per heavy atom. The van der Waals surface area contributed by atoms with E-state index < -0.39 is 23.3 Å². The van der Waals surface area contributed by atoms with Gasteiger partial charge in [0.05, 0.1) is 4.92 Å². The first kappa shape index (κ1) is 12.3. The average Bonchev–Trinajstić information content (AvgIpc) is 2.35. The summed E-state index contributed by atoms with van der Waals surface area (Å²) in [6, 6.07) is 0. The fraction of sp³-hybridized carbons (Fsp3) is 0.571. The van der Waals surface area contributed by atoms with Gasteiger partial charge in [-0.15, -0.1) is 0 Å².